The summed E-state index contributed by atoms with van der Waals surface area (Å²) in [6, 6.07) is 35.8. The summed E-state index contributed by atoms with van der Waals surface area (Å²) in [6.07, 6.45) is 3.96. The minimum atomic E-state index is -4.27. The Bertz CT molecular complexity index is 2110. The monoisotopic (exact) mass is 769 g/mol. The van der Waals surface area contributed by atoms with E-state index >= 15 is 0 Å². The summed E-state index contributed by atoms with van der Waals surface area (Å²) in [6.45, 7) is 1.26. The van der Waals surface area contributed by atoms with Crippen molar-refractivity contribution in [1.82, 2.24) is 10.2 Å². The third kappa shape index (κ3) is 9.79. The van der Waals surface area contributed by atoms with Crippen LogP contribution in [0.5, 0.6) is 11.5 Å². The van der Waals surface area contributed by atoms with Gasteiger partial charge in [0.1, 0.15) is 24.1 Å². The van der Waals surface area contributed by atoms with Crippen molar-refractivity contribution in [2.45, 2.75) is 62.6 Å². The second-order valence-corrected chi connectivity index (χ2v) is 15.9. The predicted molar refractivity (Wildman–Crippen MR) is 210 cm³/mol. The summed E-state index contributed by atoms with van der Waals surface area (Å²) < 4.78 is 36.0. The lowest BCUT2D eigenvalue weighted by Crippen LogP contribution is -2.54. The largest absolute Gasteiger partial charge is 0.457 e. The Morgan fingerprint density at radius 2 is 1.40 bits per heavy atom. The van der Waals surface area contributed by atoms with Crippen molar-refractivity contribution in [1.29, 1.82) is 0 Å². The van der Waals surface area contributed by atoms with Crippen LogP contribution in [0.3, 0.4) is 0 Å². The number of benzene rings is 5. The molecule has 8 nitrogen and oxygen atoms in total. The molecule has 1 unspecified atom stereocenters. The highest BCUT2D eigenvalue weighted by Crippen LogP contribution is 2.30. The summed E-state index contributed by atoms with van der Waals surface area (Å²) in [7, 11) is -4.27. The second-order valence-electron chi connectivity index (χ2n) is 13.2. The first-order valence-electron chi connectivity index (χ1n) is 17.6. The minimum absolute atomic E-state index is 0.00210. The quantitative estimate of drug-likeness (QED) is 0.122. The van der Waals surface area contributed by atoms with Gasteiger partial charge in [-0.25, -0.2) is 8.42 Å². The van der Waals surface area contributed by atoms with Crippen molar-refractivity contribution in [3.8, 4) is 11.5 Å². The zero-order chi connectivity index (χ0) is 37.4. The van der Waals surface area contributed by atoms with Gasteiger partial charge in [-0.15, -0.1) is 0 Å². The predicted octanol–water partition coefficient (Wildman–Crippen LogP) is 8.99. The van der Waals surface area contributed by atoms with Gasteiger partial charge < -0.3 is 15.0 Å². The molecule has 53 heavy (non-hydrogen) atoms. The van der Waals surface area contributed by atoms with Gasteiger partial charge in [-0.3, -0.25) is 13.9 Å². The molecule has 1 fully saturated rings. The van der Waals surface area contributed by atoms with E-state index in [0.717, 1.165) is 41.1 Å². The number of nitrogens with one attached hydrogen (secondary N) is 1. The van der Waals surface area contributed by atoms with Crippen LogP contribution in [-0.4, -0.2) is 43.8 Å². The molecule has 0 radical (unpaired) electrons. The van der Waals surface area contributed by atoms with Crippen molar-refractivity contribution in [2.24, 2.45) is 0 Å². The standard InChI is InChI=1S/C42H41Cl2N3O5S/c1-30-16-23-37(24-17-30)53(50,51)47(34-19-21-36(22-20-34)52-35-14-6-3-7-15-35)29-41(48)46(28-32-18-25-38(43)39(44)26-32)40(27-31-10-4-2-5-11-31)42(49)45-33-12-8-9-13-33/h2-7,10-11,14-26,33,40H,8-9,12-13,27-29H2,1H3,(H,45,49). The van der Waals surface area contributed by atoms with Gasteiger partial charge >= 0.3 is 0 Å². The average molecular weight is 771 g/mol. The molecule has 1 N–H and O–H groups in total. The highest BCUT2D eigenvalue weighted by molar-refractivity contribution is 7.92. The lowest BCUT2D eigenvalue weighted by atomic mass is 10.0. The van der Waals surface area contributed by atoms with Crippen molar-refractivity contribution in [2.75, 3.05) is 10.8 Å². The number of carbonyl (C=O) groups excluding carboxylic acids is 2. The Labute approximate surface area is 321 Å². The molecule has 0 aromatic heterocycles. The van der Waals surface area contributed by atoms with Crippen molar-refractivity contribution >= 4 is 50.7 Å². The number of aryl methyl sites for hydroxylation is 1. The third-order valence-corrected chi connectivity index (χ3v) is 11.8. The number of carbonyl (C=O) groups is 2. The van der Waals surface area contributed by atoms with Crippen LogP contribution < -0.4 is 14.4 Å². The summed E-state index contributed by atoms with van der Waals surface area (Å²) in [5.41, 5.74) is 2.63. The number of anilines is 1. The van der Waals surface area contributed by atoms with Gasteiger partial charge in [0.2, 0.25) is 11.8 Å². The Hall–Kier alpha value is -4.83. The van der Waals surface area contributed by atoms with Gasteiger partial charge in [0.05, 0.1) is 20.6 Å². The number of halogens is 2. The molecule has 0 saturated heterocycles. The Morgan fingerprint density at radius 3 is 2.04 bits per heavy atom. The van der Waals surface area contributed by atoms with Crippen molar-refractivity contribution in [3.05, 3.63) is 154 Å². The molecular formula is C42H41Cl2N3O5S. The topological polar surface area (TPSA) is 96.0 Å². The molecule has 11 heteroatoms. The van der Waals surface area contributed by atoms with Gasteiger partial charge in [-0.05, 0) is 91.6 Å². The summed E-state index contributed by atoms with van der Waals surface area (Å²) in [5.74, 6) is 0.243. The average Bonchev–Trinajstić information content (AvgIpc) is 3.68. The maximum atomic E-state index is 14.9. The van der Waals surface area contributed by atoms with Crippen LogP contribution in [0.1, 0.15) is 42.4 Å². The van der Waals surface area contributed by atoms with Gasteiger partial charge in [-0.2, -0.15) is 0 Å². The molecular weight excluding hydrogens is 729 g/mol. The molecule has 6 rings (SSSR count). The van der Waals surface area contributed by atoms with Gasteiger partial charge in [0.25, 0.3) is 10.0 Å². The van der Waals surface area contributed by atoms with Gasteiger partial charge in [0.15, 0.2) is 0 Å². The van der Waals surface area contributed by atoms with Crippen molar-refractivity contribution in [3.63, 3.8) is 0 Å². The maximum Gasteiger partial charge on any atom is 0.264 e. The normalized spacial score (nSPS) is 13.6. The first kappa shape index (κ1) is 37.9. The van der Waals surface area contributed by atoms with E-state index in [4.69, 9.17) is 27.9 Å². The fourth-order valence-electron chi connectivity index (χ4n) is 6.43. The van der Waals surface area contributed by atoms with E-state index in [1.165, 1.54) is 17.0 Å². The highest BCUT2D eigenvalue weighted by Gasteiger charge is 2.35. The van der Waals surface area contributed by atoms with E-state index in [-0.39, 0.29) is 35.5 Å². The number of para-hydroxylation sites is 1. The van der Waals surface area contributed by atoms with Crippen LogP contribution in [0.4, 0.5) is 5.69 Å². The maximum absolute atomic E-state index is 14.9. The highest BCUT2D eigenvalue weighted by atomic mass is 35.5. The Kier molecular flexibility index (Phi) is 12.4. The summed E-state index contributed by atoms with van der Waals surface area (Å²) >= 11 is 12.7. The molecule has 274 valence electrons. The summed E-state index contributed by atoms with van der Waals surface area (Å²) in [5, 5.41) is 3.84. The molecule has 0 spiro atoms. The fourth-order valence-corrected chi connectivity index (χ4v) is 8.16. The smallest absolute Gasteiger partial charge is 0.264 e. The van der Waals surface area contributed by atoms with Crippen LogP contribution in [-0.2, 0) is 32.6 Å². The van der Waals surface area contributed by atoms with E-state index in [9.17, 15) is 18.0 Å². The molecule has 2 amide bonds. The Balaban J connectivity index is 1.39. The van der Waals surface area contributed by atoms with E-state index in [1.54, 1.807) is 54.6 Å². The van der Waals surface area contributed by atoms with Crippen LogP contribution in [0.2, 0.25) is 10.0 Å². The van der Waals surface area contributed by atoms with Crippen LogP contribution in [0.15, 0.2) is 132 Å². The molecule has 0 heterocycles. The molecule has 5 aromatic carbocycles. The first-order valence-corrected chi connectivity index (χ1v) is 19.8. The van der Waals surface area contributed by atoms with Gasteiger partial charge in [-0.1, -0.05) is 108 Å². The number of nitrogens with zero attached hydrogens (tertiary/aromatic N) is 2. The molecule has 1 atom stereocenters. The number of hydrogen-bond acceptors (Lipinski definition) is 5. The molecule has 0 bridgehead atoms. The van der Waals surface area contributed by atoms with E-state index in [1.807, 2.05) is 67.6 Å². The molecule has 5 aromatic rings. The number of sulfonamides is 1. The van der Waals surface area contributed by atoms with Crippen molar-refractivity contribution < 1.29 is 22.7 Å². The zero-order valence-corrected chi connectivity index (χ0v) is 31.7. The van der Waals surface area contributed by atoms with Gasteiger partial charge in [0, 0.05) is 19.0 Å². The first-order chi connectivity index (χ1) is 25.6. The minimum Gasteiger partial charge on any atom is -0.457 e. The van der Waals surface area contributed by atoms with E-state index in [2.05, 4.69) is 5.32 Å². The number of hydrogen-bond donors (Lipinski definition) is 1. The SMILES string of the molecule is Cc1ccc(S(=O)(=O)N(CC(=O)N(Cc2ccc(Cl)c(Cl)c2)C(Cc2ccccc2)C(=O)NC2CCCC2)c2ccc(Oc3ccccc3)cc2)cc1. The summed E-state index contributed by atoms with van der Waals surface area (Å²) in [4.78, 5) is 30.6. The van der Waals surface area contributed by atoms with E-state index < -0.39 is 28.5 Å². The fraction of sp³-hybridized carbons (Fsp3) is 0.238. The Morgan fingerprint density at radius 1 is 0.774 bits per heavy atom. The van der Waals surface area contributed by atoms with E-state index in [0.29, 0.717) is 27.1 Å². The molecule has 1 aliphatic rings. The molecule has 1 saturated carbocycles. The number of amides is 2. The third-order valence-electron chi connectivity index (χ3n) is 9.30. The lowest BCUT2D eigenvalue weighted by Gasteiger charge is -2.34. The number of rotatable bonds is 14. The molecule has 1 aliphatic carbocycles. The van der Waals surface area contributed by atoms with Crippen LogP contribution >= 0.6 is 23.2 Å². The molecule has 0 aliphatic heterocycles. The zero-order valence-electron chi connectivity index (χ0n) is 29.3. The van der Waals surface area contributed by atoms with Crippen LogP contribution in [0, 0.1) is 6.92 Å². The van der Waals surface area contributed by atoms with Crippen LogP contribution in [0.25, 0.3) is 0 Å². The second kappa shape index (κ2) is 17.3. The lowest BCUT2D eigenvalue weighted by molar-refractivity contribution is -0.140. The number of ether oxygens (including phenoxy) is 1.